The molecule has 1 atom stereocenters. The Balaban J connectivity index is 2.04. The van der Waals surface area contributed by atoms with Crippen molar-refractivity contribution in [3.63, 3.8) is 0 Å². The molecule has 0 aliphatic heterocycles. The lowest BCUT2D eigenvalue weighted by molar-refractivity contribution is -0.143. The molecule has 0 amide bonds. The number of nitroso groups, excluding NO2 is 1. The molecular weight excluding hydrogens is 280 g/mol. The van der Waals surface area contributed by atoms with Crippen LogP contribution >= 0.6 is 0 Å². The molecule has 0 saturated heterocycles. The number of hydrogen-bond acceptors (Lipinski definition) is 3. The largest absolute Gasteiger partial charge is 0.480 e. The van der Waals surface area contributed by atoms with Crippen molar-refractivity contribution in [2.45, 2.75) is 25.4 Å². The van der Waals surface area contributed by atoms with E-state index in [1.807, 2.05) is 60.7 Å². The standard InChI is InChI=1S/C17H18N2O3/c20-17(21)16(12-11-14-7-3-1-4-8-14)19(18-22)13-15-9-5-2-6-10-15/h1-10,16H,11-13H2,(H,20,21). The number of hydrogen-bond donors (Lipinski definition) is 1. The molecule has 0 aliphatic carbocycles. The van der Waals surface area contributed by atoms with Gasteiger partial charge in [-0.15, -0.1) is 4.91 Å². The van der Waals surface area contributed by atoms with Gasteiger partial charge in [-0.3, -0.25) is 0 Å². The molecule has 5 nitrogen and oxygen atoms in total. The molecule has 0 bridgehead atoms. The number of nitrogens with zero attached hydrogens (tertiary/aromatic N) is 2. The van der Waals surface area contributed by atoms with E-state index in [2.05, 4.69) is 5.29 Å². The first-order valence-corrected chi connectivity index (χ1v) is 7.11. The minimum Gasteiger partial charge on any atom is -0.480 e. The van der Waals surface area contributed by atoms with E-state index in [9.17, 15) is 14.8 Å². The third kappa shape index (κ3) is 4.41. The average Bonchev–Trinajstić information content (AvgIpc) is 2.55. The number of benzene rings is 2. The highest BCUT2D eigenvalue weighted by molar-refractivity contribution is 5.73. The molecule has 0 saturated carbocycles. The number of carbonyl (C=O) groups is 1. The van der Waals surface area contributed by atoms with Crippen molar-refractivity contribution in [3.8, 4) is 0 Å². The maximum atomic E-state index is 11.5. The normalized spacial score (nSPS) is 11.6. The highest BCUT2D eigenvalue weighted by Crippen LogP contribution is 2.14. The van der Waals surface area contributed by atoms with Crippen LogP contribution in [-0.2, 0) is 17.8 Å². The van der Waals surface area contributed by atoms with Gasteiger partial charge in [0, 0.05) is 0 Å². The van der Waals surface area contributed by atoms with Gasteiger partial charge in [0.05, 0.1) is 11.8 Å². The van der Waals surface area contributed by atoms with Crippen molar-refractivity contribution in [3.05, 3.63) is 76.7 Å². The summed E-state index contributed by atoms with van der Waals surface area (Å²) in [7, 11) is 0. The van der Waals surface area contributed by atoms with Gasteiger partial charge in [-0.25, -0.2) is 9.80 Å². The van der Waals surface area contributed by atoms with Crippen LogP contribution in [0, 0.1) is 4.91 Å². The van der Waals surface area contributed by atoms with E-state index in [4.69, 9.17) is 0 Å². The first-order chi connectivity index (χ1) is 10.7. The van der Waals surface area contributed by atoms with E-state index in [-0.39, 0.29) is 6.54 Å². The maximum absolute atomic E-state index is 11.5. The molecule has 2 rings (SSSR count). The summed E-state index contributed by atoms with van der Waals surface area (Å²) in [5.41, 5.74) is 1.90. The van der Waals surface area contributed by atoms with Crippen LogP contribution < -0.4 is 0 Å². The fourth-order valence-corrected chi connectivity index (χ4v) is 2.31. The average molecular weight is 298 g/mol. The quantitative estimate of drug-likeness (QED) is 0.600. The van der Waals surface area contributed by atoms with Gasteiger partial charge in [-0.1, -0.05) is 60.7 Å². The first kappa shape index (κ1) is 15.7. The molecule has 1 N–H and O–H groups in total. The zero-order valence-corrected chi connectivity index (χ0v) is 12.1. The number of carboxylic acids is 1. The van der Waals surface area contributed by atoms with E-state index in [0.717, 1.165) is 16.1 Å². The summed E-state index contributed by atoms with van der Waals surface area (Å²) in [5, 5.41) is 13.4. The Morgan fingerprint density at radius 2 is 1.55 bits per heavy atom. The maximum Gasteiger partial charge on any atom is 0.328 e. The van der Waals surface area contributed by atoms with Crippen molar-refractivity contribution in [1.82, 2.24) is 5.01 Å². The number of aliphatic carboxylic acids is 1. The second-order valence-corrected chi connectivity index (χ2v) is 5.04. The predicted octanol–water partition coefficient (Wildman–Crippen LogP) is 3.26. The van der Waals surface area contributed by atoms with Crippen LogP contribution in [0.15, 0.2) is 65.9 Å². The van der Waals surface area contributed by atoms with Crippen LogP contribution in [0.25, 0.3) is 0 Å². The van der Waals surface area contributed by atoms with Crippen molar-refractivity contribution in [1.29, 1.82) is 0 Å². The third-order valence-electron chi connectivity index (χ3n) is 3.49. The molecule has 0 aliphatic rings. The van der Waals surface area contributed by atoms with Gasteiger partial charge in [0.25, 0.3) is 0 Å². The van der Waals surface area contributed by atoms with Gasteiger partial charge < -0.3 is 5.11 Å². The van der Waals surface area contributed by atoms with Gasteiger partial charge in [-0.2, -0.15) is 0 Å². The molecule has 0 radical (unpaired) electrons. The van der Waals surface area contributed by atoms with Gasteiger partial charge in [0.2, 0.25) is 0 Å². The second kappa shape index (κ2) is 7.93. The monoisotopic (exact) mass is 298 g/mol. The Labute approximate surface area is 129 Å². The van der Waals surface area contributed by atoms with Crippen LogP contribution in [0.2, 0.25) is 0 Å². The molecule has 114 valence electrons. The molecule has 5 heteroatoms. The van der Waals surface area contributed by atoms with E-state index in [1.165, 1.54) is 0 Å². The number of carboxylic acid groups (broad SMARTS) is 1. The summed E-state index contributed by atoms with van der Waals surface area (Å²) in [6.07, 6.45) is 0.913. The molecule has 0 aromatic heterocycles. The SMILES string of the molecule is O=NN(Cc1ccccc1)C(CCc1ccccc1)C(=O)O. The smallest absolute Gasteiger partial charge is 0.328 e. The van der Waals surface area contributed by atoms with E-state index < -0.39 is 12.0 Å². The summed E-state index contributed by atoms with van der Waals surface area (Å²) >= 11 is 0. The Morgan fingerprint density at radius 3 is 2.05 bits per heavy atom. The van der Waals surface area contributed by atoms with Gasteiger partial charge in [0.15, 0.2) is 0 Å². The van der Waals surface area contributed by atoms with Crippen LogP contribution in [0.4, 0.5) is 0 Å². The van der Waals surface area contributed by atoms with Crippen LogP contribution in [0.1, 0.15) is 17.5 Å². The van der Waals surface area contributed by atoms with Crippen molar-refractivity contribution in [2.24, 2.45) is 5.29 Å². The zero-order valence-electron chi connectivity index (χ0n) is 12.1. The fourth-order valence-electron chi connectivity index (χ4n) is 2.31. The summed E-state index contributed by atoms with van der Waals surface area (Å²) in [5.74, 6) is -1.04. The molecule has 0 spiro atoms. The summed E-state index contributed by atoms with van der Waals surface area (Å²) < 4.78 is 0. The lowest BCUT2D eigenvalue weighted by Gasteiger charge is -2.23. The van der Waals surface area contributed by atoms with E-state index in [0.29, 0.717) is 12.8 Å². The minimum absolute atomic E-state index is 0.191. The molecular formula is C17H18N2O3. The highest BCUT2D eigenvalue weighted by atomic mass is 16.4. The van der Waals surface area contributed by atoms with Crippen molar-refractivity contribution in [2.75, 3.05) is 0 Å². The van der Waals surface area contributed by atoms with Crippen molar-refractivity contribution >= 4 is 5.97 Å². The Kier molecular flexibility index (Phi) is 5.65. The molecule has 0 fully saturated rings. The number of rotatable bonds is 8. The number of aryl methyl sites for hydroxylation is 1. The predicted molar refractivity (Wildman–Crippen MR) is 84.0 cm³/mol. The minimum atomic E-state index is -1.04. The zero-order chi connectivity index (χ0) is 15.8. The van der Waals surface area contributed by atoms with Crippen LogP contribution in [0.5, 0.6) is 0 Å². The van der Waals surface area contributed by atoms with Gasteiger partial charge in [0.1, 0.15) is 6.04 Å². The highest BCUT2D eigenvalue weighted by Gasteiger charge is 2.25. The van der Waals surface area contributed by atoms with E-state index in [1.54, 1.807) is 0 Å². The molecule has 0 heterocycles. The van der Waals surface area contributed by atoms with Gasteiger partial charge >= 0.3 is 5.97 Å². The molecule has 2 aromatic carbocycles. The summed E-state index contributed by atoms with van der Waals surface area (Å²) in [6, 6.07) is 17.9. The summed E-state index contributed by atoms with van der Waals surface area (Å²) in [6.45, 7) is 0.191. The first-order valence-electron chi connectivity index (χ1n) is 7.11. The Bertz CT molecular complexity index is 602. The van der Waals surface area contributed by atoms with E-state index >= 15 is 0 Å². The molecule has 2 aromatic rings. The Morgan fingerprint density at radius 1 is 1.00 bits per heavy atom. The summed E-state index contributed by atoms with van der Waals surface area (Å²) in [4.78, 5) is 22.5. The lowest BCUT2D eigenvalue weighted by atomic mass is 10.0. The molecule has 1 unspecified atom stereocenters. The molecule has 22 heavy (non-hydrogen) atoms. The van der Waals surface area contributed by atoms with Crippen molar-refractivity contribution < 1.29 is 9.90 Å². The third-order valence-corrected chi connectivity index (χ3v) is 3.49. The van der Waals surface area contributed by atoms with Crippen LogP contribution in [-0.4, -0.2) is 22.1 Å². The van der Waals surface area contributed by atoms with Gasteiger partial charge in [-0.05, 0) is 24.0 Å². The second-order valence-electron chi connectivity index (χ2n) is 5.04. The lowest BCUT2D eigenvalue weighted by Crippen LogP contribution is -2.37. The topological polar surface area (TPSA) is 70.0 Å². The fraction of sp³-hybridized carbons (Fsp3) is 0.235. The van der Waals surface area contributed by atoms with Crippen LogP contribution in [0.3, 0.4) is 0 Å². The Hall–Kier alpha value is -2.69.